The molecule has 0 aliphatic carbocycles. The number of benzene rings is 2. The molecule has 0 radical (unpaired) electrons. The van der Waals surface area contributed by atoms with Crippen molar-refractivity contribution in [3.63, 3.8) is 0 Å². The molecule has 0 amide bonds. The van der Waals surface area contributed by atoms with Crippen molar-refractivity contribution in [2.45, 2.75) is 6.92 Å². The summed E-state index contributed by atoms with van der Waals surface area (Å²) in [7, 11) is 2.05. The van der Waals surface area contributed by atoms with Gasteiger partial charge in [0.15, 0.2) is 0 Å². The molecule has 0 saturated heterocycles. The first kappa shape index (κ1) is 12.9. The van der Waals surface area contributed by atoms with Crippen molar-refractivity contribution in [1.82, 2.24) is 23.2 Å². The number of rotatable bonds is 0. The van der Waals surface area contributed by atoms with Gasteiger partial charge in [-0.15, -0.1) is 0 Å². The molecule has 6 rings (SSSR count). The number of aromatic nitrogens is 6. The number of hydrogen-bond donors (Lipinski definition) is 0. The summed E-state index contributed by atoms with van der Waals surface area (Å²) in [6.07, 6.45) is 4.11. The highest BCUT2D eigenvalue weighted by Gasteiger charge is 2.25. The van der Waals surface area contributed by atoms with Crippen LogP contribution in [0.25, 0.3) is 39.4 Å². The molecule has 2 aromatic carbocycles. The molecule has 4 aromatic heterocycles. The molecule has 25 heavy (non-hydrogen) atoms. The number of aryl methyl sites for hydroxylation is 2. The Morgan fingerprint density at radius 3 is 2.60 bits per heavy atom. The summed E-state index contributed by atoms with van der Waals surface area (Å²) in [6.45, 7) is 2.13. The standard InChI is InChI=1S/C19H15N6/c1-12-6-5-8-14-16(12)25-18(21-14)24-15-9-4-3-7-13(15)20-17(24)23-11-10-22(2)19(23)25/h3-11H,1-2H3/q+1. The molecule has 0 bridgehead atoms. The molecule has 0 spiro atoms. The van der Waals surface area contributed by atoms with Crippen molar-refractivity contribution in [3.05, 3.63) is 60.4 Å². The highest BCUT2D eigenvalue weighted by Crippen LogP contribution is 2.26. The molecule has 0 N–H and O–H groups in total. The quantitative estimate of drug-likeness (QED) is 0.403. The summed E-state index contributed by atoms with van der Waals surface area (Å²) < 4.78 is 8.61. The van der Waals surface area contributed by atoms with Crippen molar-refractivity contribution in [3.8, 4) is 0 Å². The summed E-state index contributed by atoms with van der Waals surface area (Å²) in [5, 5.41) is 0. The Bertz CT molecular complexity index is 1460. The second-order valence-corrected chi connectivity index (χ2v) is 6.50. The largest absolute Gasteiger partial charge is 0.379 e. The zero-order valence-corrected chi connectivity index (χ0v) is 13.9. The first-order chi connectivity index (χ1) is 12.2. The molecule has 6 nitrogen and oxygen atoms in total. The second-order valence-electron chi connectivity index (χ2n) is 6.50. The average molecular weight is 327 g/mol. The fourth-order valence-corrected chi connectivity index (χ4v) is 3.89. The van der Waals surface area contributed by atoms with Gasteiger partial charge in [-0.05, 0) is 30.7 Å². The zero-order chi connectivity index (χ0) is 16.7. The summed E-state index contributed by atoms with van der Waals surface area (Å²) in [5.74, 6) is 2.79. The minimum Gasteiger partial charge on any atom is -0.237 e. The molecule has 0 unspecified atom stereocenters. The van der Waals surface area contributed by atoms with Crippen LogP contribution in [0.5, 0.6) is 0 Å². The van der Waals surface area contributed by atoms with Gasteiger partial charge in [-0.2, -0.15) is 18.8 Å². The van der Waals surface area contributed by atoms with Crippen molar-refractivity contribution in [2.75, 3.05) is 0 Å². The third kappa shape index (κ3) is 1.43. The van der Waals surface area contributed by atoms with E-state index >= 15 is 0 Å². The molecule has 0 aliphatic heterocycles. The van der Waals surface area contributed by atoms with E-state index in [0.29, 0.717) is 0 Å². The molecule has 0 aliphatic rings. The van der Waals surface area contributed by atoms with Crippen molar-refractivity contribution in [2.24, 2.45) is 7.05 Å². The van der Waals surface area contributed by atoms with Crippen molar-refractivity contribution in [1.29, 1.82) is 0 Å². The fraction of sp³-hybridized carbons (Fsp3) is 0.105. The lowest BCUT2D eigenvalue weighted by atomic mass is 10.2. The molecule has 0 saturated carbocycles. The van der Waals surface area contributed by atoms with Crippen LogP contribution in [0.2, 0.25) is 0 Å². The van der Waals surface area contributed by atoms with E-state index in [9.17, 15) is 0 Å². The van der Waals surface area contributed by atoms with E-state index in [-0.39, 0.29) is 0 Å². The van der Waals surface area contributed by atoms with E-state index in [1.165, 1.54) is 5.56 Å². The summed E-state index contributed by atoms with van der Waals surface area (Å²) in [5.41, 5.74) is 5.37. The Hall–Kier alpha value is -3.41. The molecule has 6 aromatic rings. The summed E-state index contributed by atoms with van der Waals surface area (Å²) >= 11 is 0. The minimum absolute atomic E-state index is 0.872. The fourth-order valence-electron chi connectivity index (χ4n) is 3.89. The SMILES string of the molecule is Cc1cccc2nc3n4c5ccccc5nc4n4cc[n+](C)c4n3c12. The monoisotopic (exact) mass is 327 g/mol. The number of nitrogens with zero attached hydrogens (tertiary/aromatic N) is 6. The maximum Gasteiger partial charge on any atom is 0.379 e. The third-order valence-corrected chi connectivity index (χ3v) is 4.99. The van der Waals surface area contributed by atoms with Crippen LogP contribution in [0.4, 0.5) is 0 Å². The predicted molar refractivity (Wildman–Crippen MR) is 95.8 cm³/mol. The number of hydrogen-bond acceptors (Lipinski definition) is 2. The van der Waals surface area contributed by atoms with Crippen LogP contribution in [0.15, 0.2) is 54.9 Å². The Balaban J connectivity index is 2.09. The average Bonchev–Trinajstić information content (AvgIpc) is 3.27. The van der Waals surface area contributed by atoms with Crippen LogP contribution >= 0.6 is 0 Å². The summed E-state index contributed by atoms with van der Waals surface area (Å²) in [4.78, 5) is 9.82. The van der Waals surface area contributed by atoms with Gasteiger partial charge in [-0.1, -0.05) is 24.3 Å². The van der Waals surface area contributed by atoms with Gasteiger partial charge < -0.3 is 0 Å². The van der Waals surface area contributed by atoms with Crippen LogP contribution in [-0.4, -0.2) is 23.2 Å². The van der Waals surface area contributed by atoms with Crippen LogP contribution in [0.3, 0.4) is 0 Å². The topological polar surface area (TPSA) is 42.9 Å². The molecule has 0 atom stereocenters. The third-order valence-electron chi connectivity index (χ3n) is 4.99. The van der Waals surface area contributed by atoms with Gasteiger partial charge in [0, 0.05) is 0 Å². The Labute approximate surface area is 142 Å². The van der Waals surface area contributed by atoms with Gasteiger partial charge in [0.25, 0.3) is 11.6 Å². The van der Waals surface area contributed by atoms with Gasteiger partial charge in [0.05, 0.1) is 24.3 Å². The predicted octanol–water partition coefficient (Wildman–Crippen LogP) is 2.67. The maximum atomic E-state index is 4.96. The van der Waals surface area contributed by atoms with Gasteiger partial charge >= 0.3 is 5.78 Å². The van der Waals surface area contributed by atoms with Crippen LogP contribution in [0, 0.1) is 6.92 Å². The molecule has 0 fully saturated rings. The van der Waals surface area contributed by atoms with E-state index in [1.54, 1.807) is 0 Å². The Morgan fingerprint density at radius 2 is 1.68 bits per heavy atom. The highest BCUT2D eigenvalue weighted by molar-refractivity contribution is 5.88. The molecule has 120 valence electrons. The zero-order valence-electron chi connectivity index (χ0n) is 13.9. The Kier molecular flexibility index (Phi) is 2.15. The van der Waals surface area contributed by atoms with Crippen LogP contribution in [-0.2, 0) is 7.05 Å². The second kappa shape index (κ2) is 4.16. The summed E-state index contributed by atoms with van der Waals surface area (Å²) in [6, 6.07) is 14.5. The normalized spacial score (nSPS) is 12.4. The van der Waals surface area contributed by atoms with E-state index in [4.69, 9.17) is 9.97 Å². The van der Waals surface area contributed by atoms with E-state index < -0.39 is 0 Å². The molecular formula is C19H15N6+. The molecule has 4 heterocycles. The number of imidazole rings is 3. The van der Waals surface area contributed by atoms with Crippen molar-refractivity contribution < 1.29 is 4.57 Å². The van der Waals surface area contributed by atoms with E-state index in [2.05, 4.69) is 68.4 Å². The minimum atomic E-state index is 0.872. The molecule has 6 heteroatoms. The highest BCUT2D eigenvalue weighted by atomic mass is 15.3. The van der Waals surface area contributed by atoms with Gasteiger partial charge in [0.1, 0.15) is 17.2 Å². The van der Waals surface area contributed by atoms with Gasteiger partial charge in [0.2, 0.25) is 0 Å². The lowest BCUT2D eigenvalue weighted by molar-refractivity contribution is -0.646. The first-order valence-electron chi connectivity index (χ1n) is 8.28. The smallest absolute Gasteiger partial charge is 0.237 e. The number of fused-ring (bicyclic) bond motifs is 10. The van der Waals surface area contributed by atoms with E-state index in [0.717, 1.165) is 39.4 Å². The van der Waals surface area contributed by atoms with Crippen LogP contribution < -0.4 is 4.57 Å². The van der Waals surface area contributed by atoms with Crippen LogP contribution in [0.1, 0.15) is 5.56 Å². The maximum absolute atomic E-state index is 4.96. The van der Waals surface area contributed by atoms with Gasteiger partial charge in [-0.25, -0.2) is 8.97 Å². The first-order valence-corrected chi connectivity index (χ1v) is 8.28. The van der Waals surface area contributed by atoms with Crippen molar-refractivity contribution >= 4 is 39.4 Å². The molecular weight excluding hydrogens is 312 g/mol. The van der Waals surface area contributed by atoms with E-state index in [1.807, 2.05) is 18.2 Å². The number of para-hydroxylation sites is 3. The lowest BCUT2D eigenvalue weighted by Crippen LogP contribution is -2.28. The lowest BCUT2D eigenvalue weighted by Gasteiger charge is -2.00. The Morgan fingerprint density at radius 1 is 0.880 bits per heavy atom. The van der Waals surface area contributed by atoms with Gasteiger partial charge in [-0.3, -0.25) is 0 Å².